The first kappa shape index (κ1) is 13.2. The zero-order valence-corrected chi connectivity index (χ0v) is 12.2. The lowest BCUT2D eigenvalue weighted by Crippen LogP contribution is -2.21. The maximum atomic E-state index is 4.49. The molecular formula is C16H17N3S. The van der Waals surface area contributed by atoms with Gasteiger partial charge in [-0.25, -0.2) is 0 Å². The average Bonchev–Trinajstić information content (AvgIpc) is 2.95. The van der Waals surface area contributed by atoms with Gasteiger partial charge in [-0.2, -0.15) is 0 Å². The molecule has 0 aromatic carbocycles. The lowest BCUT2D eigenvalue weighted by molar-refractivity contribution is 0.576. The third-order valence-electron chi connectivity index (χ3n) is 3.44. The average molecular weight is 283 g/mol. The summed E-state index contributed by atoms with van der Waals surface area (Å²) in [7, 11) is 0. The maximum Gasteiger partial charge on any atom is 0.0809 e. The number of thiophene rings is 1. The topological polar surface area (TPSA) is 37.8 Å². The first-order valence-corrected chi connectivity index (χ1v) is 7.66. The molecule has 3 aromatic heterocycles. The largest absolute Gasteiger partial charge is 0.310 e. The minimum atomic E-state index is 0.316. The molecule has 0 saturated heterocycles. The standard InChI is InChI=1S/C16H17N3S/c1-12(18-8-4-13-2-6-17-7-3-13)14-10-16-15(19-11-14)5-9-20-16/h2-3,5-7,9-12,18H,4,8H2,1H3. The molecule has 0 bridgehead atoms. The Morgan fingerprint density at radius 3 is 2.95 bits per heavy atom. The molecule has 0 aliphatic carbocycles. The zero-order valence-electron chi connectivity index (χ0n) is 11.4. The molecule has 0 amide bonds. The van der Waals surface area contributed by atoms with Gasteiger partial charge in [0.2, 0.25) is 0 Å². The van der Waals surface area contributed by atoms with Crippen LogP contribution in [0.5, 0.6) is 0 Å². The Balaban J connectivity index is 1.59. The van der Waals surface area contributed by atoms with Crippen LogP contribution in [0.1, 0.15) is 24.1 Å². The van der Waals surface area contributed by atoms with Gasteiger partial charge in [0.25, 0.3) is 0 Å². The van der Waals surface area contributed by atoms with E-state index in [1.807, 2.05) is 18.6 Å². The fraction of sp³-hybridized carbons (Fsp3) is 0.250. The molecule has 3 heterocycles. The fourth-order valence-corrected chi connectivity index (χ4v) is 2.99. The summed E-state index contributed by atoms with van der Waals surface area (Å²) in [4.78, 5) is 8.52. The van der Waals surface area contributed by atoms with Gasteiger partial charge in [-0.1, -0.05) is 0 Å². The van der Waals surface area contributed by atoms with Crippen molar-refractivity contribution in [3.8, 4) is 0 Å². The molecule has 1 atom stereocenters. The molecule has 4 heteroatoms. The predicted molar refractivity (Wildman–Crippen MR) is 84.0 cm³/mol. The highest BCUT2D eigenvalue weighted by molar-refractivity contribution is 7.17. The van der Waals surface area contributed by atoms with Gasteiger partial charge in [-0.05, 0) is 60.7 Å². The molecule has 3 nitrogen and oxygen atoms in total. The van der Waals surface area contributed by atoms with E-state index in [9.17, 15) is 0 Å². The van der Waals surface area contributed by atoms with Gasteiger partial charge in [0.15, 0.2) is 0 Å². The van der Waals surface area contributed by atoms with Crippen LogP contribution >= 0.6 is 11.3 Å². The van der Waals surface area contributed by atoms with Gasteiger partial charge in [0, 0.05) is 24.6 Å². The molecule has 0 aliphatic heterocycles. The lowest BCUT2D eigenvalue weighted by atomic mass is 10.1. The van der Waals surface area contributed by atoms with E-state index in [4.69, 9.17) is 0 Å². The molecule has 0 saturated carbocycles. The Bertz CT molecular complexity index is 678. The monoisotopic (exact) mass is 283 g/mol. The summed E-state index contributed by atoms with van der Waals surface area (Å²) in [6.45, 7) is 3.14. The molecule has 0 spiro atoms. The number of hydrogen-bond donors (Lipinski definition) is 1. The molecule has 0 fully saturated rings. The highest BCUT2D eigenvalue weighted by atomic mass is 32.1. The van der Waals surface area contributed by atoms with Crippen LogP contribution in [-0.4, -0.2) is 16.5 Å². The van der Waals surface area contributed by atoms with E-state index in [1.54, 1.807) is 11.3 Å². The lowest BCUT2D eigenvalue weighted by Gasteiger charge is -2.14. The molecule has 102 valence electrons. The first-order valence-electron chi connectivity index (χ1n) is 6.78. The van der Waals surface area contributed by atoms with Crippen molar-refractivity contribution in [2.45, 2.75) is 19.4 Å². The highest BCUT2D eigenvalue weighted by Gasteiger charge is 2.06. The summed E-state index contributed by atoms with van der Waals surface area (Å²) in [5.41, 5.74) is 3.64. The Labute approximate surface area is 122 Å². The number of hydrogen-bond acceptors (Lipinski definition) is 4. The van der Waals surface area contributed by atoms with Crippen LogP contribution in [0.15, 0.2) is 48.2 Å². The number of pyridine rings is 2. The number of aromatic nitrogens is 2. The summed E-state index contributed by atoms with van der Waals surface area (Å²) in [6.07, 6.45) is 6.67. The molecule has 20 heavy (non-hydrogen) atoms. The normalized spacial score (nSPS) is 12.7. The second-order valence-electron chi connectivity index (χ2n) is 4.85. The summed E-state index contributed by atoms with van der Waals surface area (Å²) >= 11 is 1.74. The minimum Gasteiger partial charge on any atom is -0.310 e. The second kappa shape index (κ2) is 6.11. The van der Waals surface area contributed by atoms with Crippen molar-refractivity contribution in [1.82, 2.24) is 15.3 Å². The van der Waals surface area contributed by atoms with Crippen LogP contribution < -0.4 is 5.32 Å². The van der Waals surface area contributed by atoms with Crippen LogP contribution in [0.3, 0.4) is 0 Å². The van der Waals surface area contributed by atoms with E-state index in [0.717, 1.165) is 18.5 Å². The van der Waals surface area contributed by atoms with Crippen LogP contribution in [0.2, 0.25) is 0 Å². The Morgan fingerprint density at radius 2 is 2.10 bits per heavy atom. The maximum absolute atomic E-state index is 4.49. The number of fused-ring (bicyclic) bond motifs is 1. The smallest absolute Gasteiger partial charge is 0.0809 e. The van der Waals surface area contributed by atoms with Crippen LogP contribution in [0.25, 0.3) is 10.2 Å². The predicted octanol–water partition coefficient (Wildman–Crippen LogP) is 3.58. The summed E-state index contributed by atoms with van der Waals surface area (Å²) < 4.78 is 1.25. The molecule has 3 aromatic rings. The molecule has 0 aliphatic rings. The van der Waals surface area contributed by atoms with Gasteiger partial charge >= 0.3 is 0 Å². The van der Waals surface area contributed by atoms with Gasteiger partial charge in [-0.15, -0.1) is 11.3 Å². The molecule has 1 unspecified atom stereocenters. The van der Waals surface area contributed by atoms with E-state index >= 15 is 0 Å². The van der Waals surface area contributed by atoms with Crippen molar-refractivity contribution in [3.63, 3.8) is 0 Å². The summed E-state index contributed by atoms with van der Waals surface area (Å²) in [5, 5.41) is 5.63. The fourth-order valence-electron chi connectivity index (χ4n) is 2.20. The van der Waals surface area contributed by atoms with Crippen molar-refractivity contribution < 1.29 is 0 Å². The van der Waals surface area contributed by atoms with E-state index < -0.39 is 0 Å². The van der Waals surface area contributed by atoms with Gasteiger partial charge < -0.3 is 5.32 Å². The SMILES string of the molecule is CC(NCCc1ccncc1)c1cnc2ccsc2c1. The van der Waals surface area contributed by atoms with Crippen molar-refractivity contribution in [2.75, 3.05) is 6.54 Å². The van der Waals surface area contributed by atoms with Crippen LogP contribution in [0.4, 0.5) is 0 Å². The van der Waals surface area contributed by atoms with Crippen molar-refractivity contribution >= 4 is 21.6 Å². The molecular weight excluding hydrogens is 266 g/mol. The van der Waals surface area contributed by atoms with Crippen molar-refractivity contribution in [2.24, 2.45) is 0 Å². The molecule has 3 rings (SSSR count). The van der Waals surface area contributed by atoms with Gasteiger partial charge in [0.05, 0.1) is 10.2 Å². The summed E-state index contributed by atoms with van der Waals surface area (Å²) in [5.74, 6) is 0. The zero-order chi connectivity index (χ0) is 13.8. The molecule has 0 radical (unpaired) electrons. The van der Waals surface area contributed by atoms with E-state index in [1.165, 1.54) is 15.8 Å². The second-order valence-corrected chi connectivity index (χ2v) is 5.80. The number of nitrogens with zero attached hydrogens (tertiary/aromatic N) is 2. The Kier molecular flexibility index (Phi) is 4.04. The Morgan fingerprint density at radius 1 is 1.25 bits per heavy atom. The van der Waals surface area contributed by atoms with Crippen molar-refractivity contribution in [1.29, 1.82) is 0 Å². The van der Waals surface area contributed by atoms with Crippen LogP contribution in [0, 0.1) is 0 Å². The quantitative estimate of drug-likeness (QED) is 0.777. The van der Waals surface area contributed by atoms with Crippen LogP contribution in [-0.2, 0) is 6.42 Å². The van der Waals surface area contributed by atoms with E-state index in [-0.39, 0.29) is 0 Å². The van der Waals surface area contributed by atoms with E-state index in [2.05, 4.69) is 51.9 Å². The van der Waals surface area contributed by atoms with E-state index in [0.29, 0.717) is 6.04 Å². The van der Waals surface area contributed by atoms with Gasteiger partial charge in [0.1, 0.15) is 0 Å². The van der Waals surface area contributed by atoms with Crippen molar-refractivity contribution in [3.05, 3.63) is 59.4 Å². The molecule has 1 N–H and O–H groups in total. The third kappa shape index (κ3) is 3.03. The first-order chi connectivity index (χ1) is 9.83. The number of nitrogens with one attached hydrogen (secondary N) is 1. The highest BCUT2D eigenvalue weighted by Crippen LogP contribution is 2.22. The third-order valence-corrected chi connectivity index (χ3v) is 4.29. The van der Waals surface area contributed by atoms with Gasteiger partial charge in [-0.3, -0.25) is 9.97 Å². The minimum absolute atomic E-state index is 0.316. The Hall–Kier alpha value is -1.78. The summed E-state index contributed by atoms with van der Waals surface area (Å²) in [6, 6.07) is 8.73. The number of rotatable bonds is 5.